The molecule has 0 fully saturated rings. The molecule has 0 saturated heterocycles. The Morgan fingerprint density at radius 1 is 1.27 bits per heavy atom. The zero-order chi connectivity index (χ0) is 16.7. The Hall–Kier alpha value is -2.42. The van der Waals surface area contributed by atoms with Crippen LogP contribution in [0.4, 0.5) is 11.4 Å². The Kier molecular flexibility index (Phi) is 3.92. The molecular formula is C13H16N4O4S. The maximum Gasteiger partial charge on any atom is 0.270 e. The smallest absolute Gasteiger partial charge is 0.270 e. The molecule has 118 valence electrons. The first kappa shape index (κ1) is 16.0. The van der Waals surface area contributed by atoms with Crippen LogP contribution < -0.4 is 4.72 Å². The van der Waals surface area contributed by atoms with Gasteiger partial charge in [-0.05, 0) is 26.3 Å². The number of non-ortho nitro benzene ring substituents is 1. The number of rotatable bonds is 4. The number of aryl methyl sites for hydroxylation is 3. The lowest BCUT2D eigenvalue weighted by molar-refractivity contribution is -0.385. The molecule has 1 aromatic heterocycles. The zero-order valence-electron chi connectivity index (χ0n) is 12.6. The minimum absolute atomic E-state index is 0.121. The number of sulfonamides is 1. The Labute approximate surface area is 128 Å². The molecule has 2 aromatic rings. The average Bonchev–Trinajstić information content (AvgIpc) is 2.65. The van der Waals surface area contributed by atoms with E-state index in [0.717, 1.165) is 6.07 Å². The summed E-state index contributed by atoms with van der Waals surface area (Å²) in [6.07, 6.45) is 0. The summed E-state index contributed by atoms with van der Waals surface area (Å²) in [4.78, 5) is 10.1. The van der Waals surface area contributed by atoms with E-state index in [9.17, 15) is 18.5 Å². The van der Waals surface area contributed by atoms with Gasteiger partial charge in [-0.15, -0.1) is 0 Å². The van der Waals surface area contributed by atoms with Gasteiger partial charge in [0.1, 0.15) is 0 Å². The SMILES string of the molecule is Cc1ccc([N+](=O)[O-])cc1S(=O)(=O)Nc1c(C)nn(C)c1C. The number of aromatic nitrogens is 2. The van der Waals surface area contributed by atoms with Gasteiger partial charge in [0.15, 0.2) is 0 Å². The minimum atomic E-state index is -3.94. The number of benzene rings is 1. The first-order chi connectivity index (χ1) is 10.1. The van der Waals surface area contributed by atoms with Crippen LogP contribution in [0.3, 0.4) is 0 Å². The summed E-state index contributed by atoms with van der Waals surface area (Å²) in [5, 5.41) is 15.0. The summed E-state index contributed by atoms with van der Waals surface area (Å²) in [5.74, 6) is 0. The van der Waals surface area contributed by atoms with Crippen molar-refractivity contribution in [3.05, 3.63) is 45.3 Å². The summed E-state index contributed by atoms with van der Waals surface area (Å²) in [6, 6.07) is 3.74. The van der Waals surface area contributed by atoms with E-state index in [4.69, 9.17) is 0 Å². The van der Waals surface area contributed by atoms with Gasteiger partial charge in [-0.3, -0.25) is 19.5 Å². The van der Waals surface area contributed by atoms with Crippen LogP contribution in [0.1, 0.15) is 17.0 Å². The molecule has 0 aliphatic rings. The molecule has 2 rings (SSSR count). The van der Waals surface area contributed by atoms with Crippen LogP contribution in [0.5, 0.6) is 0 Å². The molecule has 1 N–H and O–H groups in total. The lowest BCUT2D eigenvalue weighted by atomic mass is 10.2. The monoisotopic (exact) mass is 324 g/mol. The van der Waals surface area contributed by atoms with Crippen molar-refractivity contribution in [2.24, 2.45) is 7.05 Å². The predicted octanol–water partition coefficient (Wildman–Crippen LogP) is 2.05. The second kappa shape index (κ2) is 5.41. The van der Waals surface area contributed by atoms with Crippen molar-refractivity contribution in [2.75, 3.05) is 4.72 Å². The summed E-state index contributed by atoms with van der Waals surface area (Å²) in [6.45, 7) is 5.00. The third-order valence-corrected chi connectivity index (χ3v) is 4.91. The van der Waals surface area contributed by atoms with Crippen LogP contribution in [-0.4, -0.2) is 23.1 Å². The number of nitro groups is 1. The standard InChI is InChI=1S/C13H16N4O4S/c1-8-5-6-11(17(18)19)7-12(8)22(20,21)15-13-9(2)14-16(4)10(13)3/h5-7,15H,1-4H3. The number of nitro benzene ring substituents is 1. The number of hydrogen-bond donors (Lipinski definition) is 1. The molecule has 0 saturated carbocycles. The van der Waals surface area contributed by atoms with E-state index in [1.807, 2.05) is 0 Å². The number of anilines is 1. The Bertz CT molecular complexity index is 855. The van der Waals surface area contributed by atoms with Crippen molar-refractivity contribution >= 4 is 21.4 Å². The molecule has 0 radical (unpaired) electrons. The number of hydrogen-bond acceptors (Lipinski definition) is 5. The largest absolute Gasteiger partial charge is 0.276 e. The number of nitrogens with zero attached hydrogens (tertiary/aromatic N) is 3. The number of nitrogens with one attached hydrogen (secondary N) is 1. The van der Waals surface area contributed by atoms with Crippen molar-refractivity contribution in [1.29, 1.82) is 0 Å². The molecule has 1 aromatic carbocycles. The van der Waals surface area contributed by atoms with Crippen molar-refractivity contribution in [3.8, 4) is 0 Å². The van der Waals surface area contributed by atoms with Gasteiger partial charge in [0.2, 0.25) is 0 Å². The molecule has 0 aliphatic heterocycles. The molecule has 22 heavy (non-hydrogen) atoms. The van der Waals surface area contributed by atoms with Crippen LogP contribution >= 0.6 is 0 Å². The summed E-state index contributed by atoms with van der Waals surface area (Å²) in [5.41, 5.74) is 1.73. The molecule has 0 amide bonds. The van der Waals surface area contributed by atoms with Crippen molar-refractivity contribution in [1.82, 2.24) is 9.78 Å². The van der Waals surface area contributed by atoms with E-state index in [0.29, 0.717) is 22.6 Å². The molecule has 0 spiro atoms. The Morgan fingerprint density at radius 3 is 2.41 bits per heavy atom. The van der Waals surface area contributed by atoms with Crippen LogP contribution in [0.2, 0.25) is 0 Å². The molecule has 0 bridgehead atoms. The summed E-state index contributed by atoms with van der Waals surface area (Å²) >= 11 is 0. The maximum absolute atomic E-state index is 12.5. The van der Waals surface area contributed by atoms with E-state index < -0.39 is 14.9 Å². The topological polar surface area (TPSA) is 107 Å². The van der Waals surface area contributed by atoms with Gasteiger partial charge in [0, 0.05) is 19.2 Å². The predicted molar refractivity (Wildman–Crippen MR) is 81.3 cm³/mol. The van der Waals surface area contributed by atoms with Crippen molar-refractivity contribution < 1.29 is 13.3 Å². The van der Waals surface area contributed by atoms with Crippen LogP contribution in [0.15, 0.2) is 23.1 Å². The highest BCUT2D eigenvalue weighted by molar-refractivity contribution is 7.92. The van der Waals surface area contributed by atoms with E-state index >= 15 is 0 Å². The Morgan fingerprint density at radius 2 is 1.91 bits per heavy atom. The first-order valence-corrected chi connectivity index (χ1v) is 7.90. The van der Waals surface area contributed by atoms with E-state index in [-0.39, 0.29) is 10.6 Å². The van der Waals surface area contributed by atoms with Crippen molar-refractivity contribution in [3.63, 3.8) is 0 Å². The molecule has 8 nitrogen and oxygen atoms in total. The minimum Gasteiger partial charge on any atom is -0.276 e. The van der Waals surface area contributed by atoms with E-state index in [1.54, 1.807) is 32.5 Å². The van der Waals surface area contributed by atoms with Gasteiger partial charge in [-0.2, -0.15) is 5.10 Å². The fourth-order valence-electron chi connectivity index (χ4n) is 2.10. The van der Waals surface area contributed by atoms with Gasteiger partial charge in [0.25, 0.3) is 15.7 Å². The maximum atomic E-state index is 12.5. The normalized spacial score (nSPS) is 11.5. The van der Waals surface area contributed by atoms with E-state index in [1.165, 1.54) is 12.1 Å². The van der Waals surface area contributed by atoms with Gasteiger partial charge in [-0.25, -0.2) is 8.42 Å². The molecular weight excluding hydrogens is 308 g/mol. The first-order valence-electron chi connectivity index (χ1n) is 6.41. The van der Waals surface area contributed by atoms with Crippen LogP contribution in [0.25, 0.3) is 0 Å². The third-order valence-electron chi connectivity index (χ3n) is 3.42. The van der Waals surface area contributed by atoms with Gasteiger partial charge >= 0.3 is 0 Å². The van der Waals surface area contributed by atoms with Gasteiger partial charge in [-0.1, -0.05) is 6.07 Å². The highest BCUT2D eigenvalue weighted by atomic mass is 32.2. The molecule has 0 atom stereocenters. The molecule has 0 unspecified atom stereocenters. The molecule has 9 heteroatoms. The lowest BCUT2D eigenvalue weighted by Crippen LogP contribution is -2.15. The quantitative estimate of drug-likeness (QED) is 0.684. The van der Waals surface area contributed by atoms with Crippen molar-refractivity contribution in [2.45, 2.75) is 25.7 Å². The highest BCUT2D eigenvalue weighted by Crippen LogP contribution is 2.26. The average molecular weight is 324 g/mol. The lowest BCUT2D eigenvalue weighted by Gasteiger charge is -2.10. The third kappa shape index (κ3) is 2.80. The van der Waals surface area contributed by atoms with Gasteiger partial charge < -0.3 is 0 Å². The Balaban J connectivity index is 2.51. The zero-order valence-corrected chi connectivity index (χ0v) is 13.4. The van der Waals surface area contributed by atoms with Crippen LogP contribution in [-0.2, 0) is 17.1 Å². The van der Waals surface area contributed by atoms with E-state index in [2.05, 4.69) is 9.82 Å². The summed E-state index contributed by atoms with van der Waals surface area (Å²) in [7, 11) is -2.23. The fourth-order valence-corrected chi connectivity index (χ4v) is 3.54. The van der Waals surface area contributed by atoms with Crippen LogP contribution in [0, 0.1) is 30.9 Å². The molecule has 0 aliphatic carbocycles. The fraction of sp³-hybridized carbons (Fsp3) is 0.308. The summed E-state index contributed by atoms with van der Waals surface area (Å²) < 4.78 is 29.1. The highest BCUT2D eigenvalue weighted by Gasteiger charge is 2.23. The second-order valence-electron chi connectivity index (χ2n) is 4.98. The van der Waals surface area contributed by atoms with Gasteiger partial charge in [0.05, 0.1) is 26.9 Å². The molecule has 1 heterocycles. The second-order valence-corrected chi connectivity index (χ2v) is 6.63.